The molecule has 1 unspecified atom stereocenters. The molecule has 1 aromatic rings. The normalized spacial score (nSPS) is 20.4. The highest BCUT2D eigenvalue weighted by atomic mass is 32.2. The molecule has 1 saturated heterocycles. The molecule has 0 amide bonds. The van der Waals surface area contributed by atoms with Crippen LogP contribution in [0.2, 0.25) is 0 Å². The minimum absolute atomic E-state index is 0.0835. The molecule has 1 aromatic carbocycles. The van der Waals surface area contributed by atoms with Crippen LogP contribution < -0.4 is 0 Å². The van der Waals surface area contributed by atoms with E-state index in [0.29, 0.717) is 11.1 Å². The van der Waals surface area contributed by atoms with Gasteiger partial charge in [-0.15, -0.1) is 0 Å². The quantitative estimate of drug-likeness (QED) is 0.903. The van der Waals surface area contributed by atoms with E-state index in [1.165, 1.54) is 4.31 Å². The second-order valence-corrected chi connectivity index (χ2v) is 7.16. The van der Waals surface area contributed by atoms with Crippen LogP contribution >= 0.6 is 0 Å². The first-order valence-corrected chi connectivity index (χ1v) is 8.10. The molecule has 2 rings (SSSR count). The zero-order valence-corrected chi connectivity index (χ0v) is 13.1. The Morgan fingerprint density at radius 1 is 1.29 bits per heavy atom. The Bertz CT molecular complexity index is 645. The van der Waals surface area contributed by atoms with Crippen LogP contribution in [0.15, 0.2) is 17.0 Å². The SMILES string of the molecule is Cc1cc(C)c(S(=O)(=O)N2CCOC(C(=O)O)C2)c(C)c1. The number of benzene rings is 1. The summed E-state index contributed by atoms with van der Waals surface area (Å²) < 4.78 is 31.8. The molecule has 0 radical (unpaired) electrons. The number of carbonyl (C=O) groups is 1. The first-order valence-electron chi connectivity index (χ1n) is 6.66. The Labute approximate surface area is 124 Å². The fraction of sp³-hybridized carbons (Fsp3) is 0.500. The summed E-state index contributed by atoms with van der Waals surface area (Å²) in [6.07, 6.45) is -1.11. The second-order valence-electron chi connectivity index (χ2n) is 5.29. The zero-order valence-electron chi connectivity index (χ0n) is 12.3. The van der Waals surface area contributed by atoms with Crippen molar-refractivity contribution in [3.63, 3.8) is 0 Å². The standard InChI is InChI=1S/C14H19NO5S/c1-9-6-10(2)13(11(3)7-9)21(18,19)15-4-5-20-12(8-15)14(16)17/h6-7,12H,4-5,8H2,1-3H3,(H,16,17). The third-order valence-electron chi connectivity index (χ3n) is 3.51. The smallest absolute Gasteiger partial charge is 0.334 e. The number of carboxylic acid groups (broad SMARTS) is 1. The van der Waals surface area contributed by atoms with E-state index in [-0.39, 0.29) is 24.6 Å². The van der Waals surface area contributed by atoms with Crippen LogP contribution in [0.3, 0.4) is 0 Å². The predicted octanol–water partition coefficient (Wildman–Crippen LogP) is 1.09. The average Bonchev–Trinajstić information content (AvgIpc) is 2.37. The van der Waals surface area contributed by atoms with E-state index >= 15 is 0 Å². The number of rotatable bonds is 3. The number of ether oxygens (including phenoxy) is 1. The molecule has 6 nitrogen and oxygen atoms in total. The summed E-state index contributed by atoms with van der Waals surface area (Å²) in [6.45, 7) is 5.50. The number of carboxylic acids is 1. The van der Waals surface area contributed by atoms with Gasteiger partial charge in [-0.2, -0.15) is 4.31 Å². The molecule has 1 atom stereocenters. The highest BCUT2D eigenvalue weighted by Gasteiger charge is 2.35. The van der Waals surface area contributed by atoms with E-state index in [1.807, 2.05) is 19.1 Å². The summed E-state index contributed by atoms with van der Waals surface area (Å²) in [5, 5.41) is 8.99. The maximum Gasteiger partial charge on any atom is 0.334 e. The van der Waals surface area contributed by atoms with Gasteiger partial charge in [-0.1, -0.05) is 17.7 Å². The number of aliphatic carboxylic acids is 1. The maximum absolute atomic E-state index is 12.8. The van der Waals surface area contributed by atoms with Crippen LogP contribution in [-0.4, -0.2) is 49.6 Å². The predicted molar refractivity (Wildman–Crippen MR) is 76.8 cm³/mol. The molecular weight excluding hydrogens is 294 g/mol. The van der Waals surface area contributed by atoms with Crippen LogP contribution in [-0.2, 0) is 19.6 Å². The molecule has 1 heterocycles. The third-order valence-corrected chi connectivity index (χ3v) is 5.68. The Morgan fingerprint density at radius 2 is 1.86 bits per heavy atom. The van der Waals surface area contributed by atoms with Gasteiger partial charge in [0.2, 0.25) is 10.0 Å². The Hall–Kier alpha value is -1.44. The molecule has 0 aromatic heterocycles. The molecule has 1 N–H and O–H groups in total. The molecule has 21 heavy (non-hydrogen) atoms. The van der Waals surface area contributed by atoms with Gasteiger partial charge < -0.3 is 9.84 Å². The molecular formula is C14H19NO5S. The molecule has 1 fully saturated rings. The molecule has 0 saturated carbocycles. The molecule has 0 aliphatic carbocycles. The van der Waals surface area contributed by atoms with E-state index < -0.39 is 22.1 Å². The van der Waals surface area contributed by atoms with Gasteiger partial charge in [0.25, 0.3) is 0 Å². The van der Waals surface area contributed by atoms with Gasteiger partial charge in [-0.3, -0.25) is 0 Å². The lowest BCUT2D eigenvalue weighted by Crippen LogP contribution is -2.48. The molecule has 0 bridgehead atoms. The number of hydrogen-bond acceptors (Lipinski definition) is 4. The van der Waals surface area contributed by atoms with Gasteiger partial charge in [0, 0.05) is 6.54 Å². The molecule has 7 heteroatoms. The number of sulfonamides is 1. The van der Waals surface area contributed by atoms with E-state index in [9.17, 15) is 13.2 Å². The van der Waals surface area contributed by atoms with Crippen LogP contribution in [0.25, 0.3) is 0 Å². The van der Waals surface area contributed by atoms with Gasteiger partial charge in [0.1, 0.15) is 0 Å². The number of aryl methyl sites for hydroxylation is 3. The molecule has 116 valence electrons. The first-order chi connectivity index (χ1) is 9.73. The van der Waals surface area contributed by atoms with E-state index in [2.05, 4.69) is 0 Å². The molecule has 0 spiro atoms. The topological polar surface area (TPSA) is 83.9 Å². The van der Waals surface area contributed by atoms with Crippen molar-refractivity contribution in [3.8, 4) is 0 Å². The van der Waals surface area contributed by atoms with E-state index in [1.54, 1.807) is 13.8 Å². The van der Waals surface area contributed by atoms with Gasteiger partial charge >= 0.3 is 5.97 Å². The lowest BCUT2D eigenvalue weighted by atomic mass is 10.1. The second kappa shape index (κ2) is 5.75. The van der Waals surface area contributed by atoms with Crippen molar-refractivity contribution in [2.75, 3.05) is 19.7 Å². The largest absolute Gasteiger partial charge is 0.479 e. The first kappa shape index (κ1) is 15.9. The molecule has 1 aliphatic rings. The van der Waals surface area contributed by atoms with E-state index in [4.69, 9.17) is 9.84 Å². The van der Waals surface area contributed by atoms with Crippen molar-refractivity contribution in [1.29, 1.82) is 0 Å². The fourth-order valence-electron chi connectivity index (χ4n) is 2.70. The zero-order chi connectivity index (χ0) is 15.8. The monoisotopic (exact) mass is 313 g/mol. The number of hydrogen-bond donors (Lipinski definition) is 1. The van der Waals surface area contributed by atoms with Gasteiger partial charge in [-0.25, -0.2) is 13.2 Å². The number of nitrogens with zero attached hydrogens (tertiary/aromatic N) is 1. The minimum atomic E-state index is -3.72. The van der Waals surface area contributed by atoms with Crippen molar-refractivity contribution in [1.82, 2.24) is 4.31 Å². The Morgan fingerprint density at radius 3 is 2.38 bits per heavy atom. The van der Waals surface area contributed by atoms with E-state index in [0.717, 1.165) is 5.56 Å². The summed E-state index contributed by atoms with van der Waals surface area (Å²) in [5.41, 5.74) is 2.34. The highest BCUT2D eigenvalue weighted by Crippen LogP contribution is 2.26. The Kier molecular flexibility index (Phi) is 4.36. The summed E-state index contributed by atoms with van der Waals surface area (Å²) in [5.74, 6) is -1.15. The number of morpholine rings is 1. The lowest BCUT2D eigenvalue weighted by Gasteiger charge is -2.31. The minimum Gasteiger partial charge on any atom is -0.479 e. The van der Waals surface area contributed by atoms with Crippen LogP contribution in [0.1, 0.15) is 16.7 Å². The van der Waals surface area contributed by atoms with Gasteiger partial charge in [0.05, 0.1) is 18.0 Å². The summed E-state index contributed by atoms with van der Waals surface area (Å²) in [4.78, 5) is 11.3. The van der Waals surface area contributed by atoms with Crippen LogP contribution in [0.5, 0.6) is 0 Å². The van der Waals surface area contributed by atoms with Crippen molar-refractivity contribution < 1.29 is 23.1 Å². The molecule has 1 aliphatic heterocycles. The van der Waals surface area contributed by atoms with Crippen LogP contribution in [0, 0.1) is 20.8 Å². The van der Waals surface area contributed by atoms with Crippen molar-refractivity contribution in [2.45, 2.75) is 31.8 Å². The average molecular weight is 313 g/mol. The summed E-state index contributed by atoms with van der Waals surface area (Å²) in [7, 11) is -3.72. The van der Waals surface area contributed by atoms with Crippen LogP contribution in [0.4, 0.5) is 0 Å². The van der Waals surface area contributed by atoms with Gasteiger partial charge in [0.15, 0.2) is 6.10 Å². The van der Waals surface area contributed by atoms with Gasteiger partial charge in [-0.05, 0) is 31.9 Å². The maximum atomic E-state index is 12.8. The Balaban J connectivity index is 2.41. The third kappa shape index (κ3) is 3.09. The van der Waals surface area contributed by atoms with Crippen molar-refractivity contribution in [3.05, 3.63) is 28.8 Å². The van der Waals surface area contributed by atoms with Crippen molar-refractivity contribution in [2.24, 2.45) is 0 Å². The summed E-state index contributed by atoms with van der Waals surface area (Å²) >= 11 is 0. The lowest BCUT2D eigenvalue weighted by molar-refractivity contribution is -0.153. The fourth-order valence-corrected chi connectivity index (χ4v) is 4.53. The van der Waals surface area contributed by atoms with Crippen molar-refractivity contribution >= 4 is 16.0 Å². The summed E-state index contributed by atoms with van der Waals surface area (Å²) in [6, 6.07) is 3.63. The highest BCUT2D eigenvalue weighted by molar-refractivity contribution is 7.89.